The number of hydrogen-bond acceptors (Lipinski definition) is 27. The number of ether oxygens (including phenoxy) is 1. The van der Waals surface area contributed by atoms with Crippen molar-refractivity contribution < 1.29 is 56.4 Å². The number of nitrogens with zero attached hydrogens (tertiary/aromatic N) is 15. The number of carbonyl (C=O) groups is 4. The summed E-state index contributed by atoms with van der Waals surface area (Å²) in [5.74, 6) is -0.796. The second-order valence-corrected chi connectivity index (χ2v) is 33.0. The standard InChI is InChI=1S/C30H31F3N6O4.C27H24N6O3.C25H26N6O3.C23H21N5O3/c1-3-19-4-8-21(9-5-19)39-17-25(28(41)37-42-2)26(40)24-16-34-29(36-27(24)39)35-20-6-10-22(11-7-20)43-23-12-14-38(15-13-23)18-30(31,32)33;1-3-18-6-10-21(11-7-18)33-17-23(26(35)31-36-2)24(34)22-16-28-27(30-25(22)33)29-19-8-12-20(13-9-19)32-14-4-5-15-32;1-5-16-9-11-18(12-10-16)31-15-21(24(33)29-34-4)22(32)20-14-26-25(28-23(20)31)27-17-7-6-8-19(13-17)30(2)3;1-3-15-9-11-17(12-10-15)28-14-19(22(30)27-31-2)20(29)18-13-24-23(26-21(18)28)25-16-7-5-4-6-8-16/h4-11,16-17,23H,3,12-15,18H2,1-2H3,(H,37,41)(H,34,35,36);4-17H,3H2,1-2H3,(H,31,35)(H,28,29,30);6-15H,5H2,1-4H3,(H,29,33)(H,26,27,28);4-14H,3H2,1-2H3,(H,27,30)(H,24,25,26). The van der Waals surface area contributed by atoms with Crippen LogP contribution in [-0.2, 0) is 45.0 Å². The van der Waals surface area contributed by atoms with Crippen molar-refractivity contribution in [3.63, 3.8) is 0 Å². The van der Waals surface area contributed by atoms with Gasteiger partial charge in [0.2, 0.25) is 45.5 Å². The second-order valence-electron chi connectivity index (χ2n) is 33.0. The first-order valence-electron chi connectivity index (χ1n) is 45.8. The molecule has 0 bridgehead atoms. The van der Waals surface area contributed by atoms with E-state index in [1.165, 1.54) is 99.6 Å². The number of anilines is 9. The monoisotopic (exact) mass is 1950 g/mol. The molecule has 0 atom stereocenters. The highest BCUT2D eigenvalue weighted by atomic mass is 19.4. The Labute approximate surface area is 822 Å². The Balaban J connectivity index is 0.000000145. The zero-order chi connectivity index (χ0) is 102. The van der Waals surface area contributed by atoms with E-state index in [2.05, 4.69) is 104 Å². The third kappa shape index (κ3) is 24.5. The summed E-state index contributed by atoms with van der Waals surface area (Å²) in [6.45, 7) is 8.03. The van der Waals surface area contributed by atoms with Crippen molar-refractivity contribution in [2.45, 2.75) is 78.5 Å². The van der Waals surface area contributed by atoms with Crippen LogP contribution in [0.4, 0.5) is 65.4 Å². The van der Waals surface area contributed by atoms with Crippen molar-refractivity contribution in [2.75, 3.05) is 88.3 Å². The van der Waals surface area contributed by atoms with E-state index in [-0.39, 0.29) is 55.9 Å². The van der Waals surface area contributed by atoms with Gasteiger partial charge < -0.3 is 53.7 Å². The van der Waals surface area contributed by atoms with Crippen molar-refractivity contribution in [3.8, 4) is 34.2 Å². The maximum absolute atomic E-state index is 13.2. The molecule has 0 unspecified atom stereocenters. The Kier molecular flexibility index (Phi) is 32.6. The number of aryl methyl sites for hydroxylation is 4. The fraction of sp³-hybridized carbons (Fsp3) is 0.200. The molecule has 1 aliphatic heterocycles. The predicted molar refractivity (Wildman–Crippen MR) is 545 cm³/mol. The average molecular weight is 1950 g/mol. The molecule has 1 saturated heterocycles. The molecule has 0 spiro atoms. The van der Waals surface area contributed by atoms with E-state index < -0.39 is 58.1 Å². The van der Waals surface area contributed by atoms with Gasteiger partial charge in [-0.15, -0.1) is 0 Å². The number of hydroxylamine groups is 4. The lowest BCUT2D eigenvalue weighted by Gasteiger charge is -2.32. The molecule has 8 N–H and O–H groups in total. The van der Waals surface area contributed by atoms with Gasteiger partial charge in [0.25, 0.3) is 23.6 Å². The zero-order valence-electron chi connectivity index (χ0n) is 80.1. The molecule has 10 heterocycles. The quantitative estimate of drug-likeness (QED) is 0.0202. The molecular formula is C105H102F3N23O13. The molecule has 1 aliphatic rings. The smallest absolute Gasteiger partial charge is 0.401 e. The lowest BCUT2D eigenvalue weighted by atomic mass is 10.1. The summed E-state index contributed by atoms with van der Waals surface area (Å²) in [5, 5.41) is 13.5. The minimum Gasteiger partial charge on any atom is -0.490 e. The molecule has 9 aromatic heterocycles. The lowest BCUT2D eigenvalue weighted by Crippen LogP contribution is -2.42. The van der Waals surface area contributed by atoms with Gasteiger partial charge in [0, 0.05) is 146 Å². The maximum atomic E-state index is 13.2. The van der Waals surface area contributed by atoms with Crippen LogP contribution in [0.3, 0.4) is 0 Å². The molecular weight excluding hydrogens is 1850 g/mol. The third-order valence-corrected chi connectivity index (χ3v) is 23.3. The number of fused-ring (bicyclic) bond motifs is 4. The number of aromatic nitrogens is 13. The van der Waals surface area contributed by atoms with Crippen molar-refractivity contribution >= 4 is 120 Å². The molecule has 1 fully saturated rings. The molecule has 4 amide bonds. The van der Waals surface area contributed by atoms with Gasteiger partial charge in [-0.1, -0.05) is 100 Å². The van der Waals surface area contributed by atoms with Crippen LogP contribution in [0.2, 0.25) is 0 Å². The number of hydrogen-bond donors (Lipinski definition) is 8. The molecule has 36 nitrogen and oxygen atoms in total. The van der Waals surface area contributed by atoms with Gasteiger partial charge >= 0.3 is 6.18 Å². The summed E-state index contributed by atoms with van der Waals surface area (Å²) in [5.41, 5.74) is 20.7. The first kappa shape index (κ1) is 101. The number of pyridine rings is 4. The van der Waals surface area contributed by atoms with Crippen LogP contribution in [0, 0.1) is 0 Å². The highest BCUT2D eigenvalue weighted by Crippen LogP contribution is 2.31. The van der Waals surface area contributed by atoms with E-state index in [0.29, 0.717) is 83.5 Å². The van der Waals surface area contributed by atoms with Gasteiger partial charge in [-0.3, -0.25) is 62.6 Å². The molecule has 736 valence electrons. The summed E-state index contributed by atoms with van der Waals surface area (Å²) in [6.07, 6.45) is 15.7. The number of para-hydroxylation sites is 1. The van der Waals surface area contributed by atoms with E-state index in [1.807, 2.05) is 231 Å². The van der Waals surface area contributed by atoms with E-state index >= 15 is 0 Å². The molecule has 17 aromatic rings. The number of likely N-dealkylation sites (tertiary alicyclic amines) is 1. The largest absolute Gasteiger partial charge is 0.490 e. The zero-order valence-corrected chi connectivity index (χ0v) is 80.1. The number of benzene rings is 8. The third-order valence-electron chi connectivity index (χ3n) is 23.3. The summed E-state index contributed by atoms with van der Waals surface area (Å²) in [7, 11) is 9.15. The minimum absolute atomic E-state index is 0.0683. The summed E-state index contributed by atoms with van der Waals surface area (Å²) < 4.78 is 52.7. The van der Waals surface area contributed by atoms with Crippen LogP contribution in [-0.4, -0.2) is 166 Å². The van der Waals surface area contributed by atoms with E-state index in [4.69, 9.17) is 24.1 Å². The Morgan fingerprint density at radius 1 is 0.375 bits per heavy atom. The number of alkyl halides is 3. The molecule has 0 aliphatic carbocycles. The fourth-order valence-corrected chi connectivity index (χ4v) is 15.6. The molecule has 39 heteroatoms. The summed E-state index contributed by atoms with van der Waals surface area (Å²) >= 11 is 0. The molecule has 0 radical (unpaired) electrons. The molecule has 0 saturated carbocycles. The van der Waals surface area contributed by atoms with Crippen molar-refractivity contribution in [1.82, 2.24) is 89.5 Å². The van der Waals surface area contributed by atoms with Gasteiger partial charge in [0.15, 0.2) is 22.6 Å². The van der Waals surface area contributed by atoms with Crippen LogP contribution in [0.5, 0.6) is 5.75 Å². The topological polar surface area (TPSA) is 413 Å². The molecule has 8 aromatic carbocycles. The van der Waals surface area contributed by atoms with Crippen LogP contribution in [0.25, 0.3) is 72.6 Å². The number of carbonyl (C=O) groups excluding carboxylic acids is 4. The Morgan fingerprint density at radius 3 is 0.979 bits per heavy atom. The first-order chi connectivity index (χ1) is 69.7. The summed E-state index contributed by atoms with van der Waals surface area (Å²) in [4.78, 5) is 160. The lowest BCUT2D eigenvalue weighted by molar-refractivity contribution is -0.149. The van der Waals surface area contributed by atoms with Crippen LogP contribution >= 0.6 is 0 Å². The predicted octanol–water partition coefficient (Wildman–Crippen LogP) is 15.8. The van der Waals surface area contributed by atoms with Crippen molar-refractivity contribution in [2.24, 2.45) is 0 Å². The Bertz CT molecular complexity index is 7710. The van der Waals surface area contributed by atoms with E-state index in [9.17, 15) is 51.5 Å². The van der Waals surface area contributed by atoms with Gasteiger partial charge in [-0.05, 0) is 200 Å². The average Bonchev–Trinajstić information content (AvgIpc) is 0.830. The van der Waals surface area contributed by atoms with Gasteiger partial charge in [0.05, 0.1) is 56.5 Å². The van der Waals surface area contributed by atoms with E-state index in [1.54, 1.807) is 42.5 Å². The minimum atomic E-state index is -4.20. The first-order valence-corrected chi connectivity index (χ1v) is 45.8. The SMILES string of the molecule is CCc1ccc(-n2cc(C(=O)NOC)c(=O)c3cnc(Nc4ccc(-n5cccc5)cc4)nc32)cc1.CCc1ccc(-n2cc(C(=O)NOC)c(=O)c3cnc(Nc4ccc(OC5CCN(CC(F)(F)F)CC5)cc4)nc32)cc1.CCc1ccc(-n2cc(C(=O)NOC)c(=O)c3cnc(Nc4cccc(N(C)C)c4)nc32)cc1.CCc1ccc(-n2cc(C(=O)NOC)c(=O)c3cnc(Nc4ccccc4)nc32)cc1. The van der Waals surface area contributed by atoms with Crippen LogP contribution in [0.15, 0.2) is 293 Å². The Hall–Kier alpha value is -17.5. The maximum Gasteiger partial charge on any atom is 0.401 e. The normalized spacial score (nSPS) is 12.0. The number of nitrogens with one attached hydrogen (secondary N) is 8. The highest BCUT2D eigenvalue weighted by molar-refractivity contribution is 6.00. The summed E-state index contributed by atoms with van der Waals surface area (Å²) in [6, 6.07) is 67.4. The van der Waals surface area contributed by atoms with Gasteiger partial charge in [-0.25, -0.2) is 41.9 Å². The van der Waals surface area contributed by atoms with Crippen molar-refractivity contribution in [3.05, 3.63) is 360 Å². The number of rotatable bonds is 29. The van der Waals surface area contributed by atoms with Gasteiger partial charge in [0.1, 0.15) is 34.1 Å². The van der Waals surface area contributed by atoms with Crippen LogP contribution in [0.1, 0.15) is 104 Å². The van der Waals surface area contributed by atoms with Crippen molar-refractivity contribution in [1.29, 1.82) is 0 Å². The van der Waals surface area contributed by atoms with Crippen LogP contribution < -0.4 is 74.5 Å². The molecule has 18 rings (SSSR count). The van der Waals surface area contributed by atoms with E-state index in [0.717, 1.165) is 76.7 Å². The second kappa shape index (κ2) is 46.5. The van der Waals surface area contributed by atoms with Gasteiger partial charge in [-0.2, -0.15) is 33.1 Å². The molecule has 144 heavy (non-hydrogen) atoms. The Morgan fingerprint density at radius 2 is 0.674 bits per heavy atom. The number of halogens is 3. The number of piperidine rings is 1. The highest BCUT2D eigenvalue weighted by Gasteiger charge is 2.34. The fourth-order valence-electron chi connectivity index (χ4n) is 15.6. The number of amides is 4.